The lowest BCUT2D eigenvalue weighted by Gasteiger charge is -2.15. The van der Waals surface area contributed by atoms with E-state index in [1.165, 1.54) is 6.07 Å². The Labute approximate surface area is 171 Å². The molecule has 0 aromatic heterocycles. The Kier molecular flexibility index (Phi) is 6.58. The van der Waals surface area contributed by atoms with Crippen LogP contribution in [-0.2, 0) is 13.2 Å². The van der Waals surface area contributed by atoms with Gasteiger partial charge in [-0.2, -0.15) is 0 Å². The number of benzene rings is 3. The Morgan fingerprint density at radius 1 is 1.07 bits per heavy atom. The average molecular weight is 451 g/mol. The molecule has 0 atom stereocenters. The van der Waals surface area contributed by atoms with Crippen LogP contribution in [0.25, 0.3) is 0 Å². The smallest absolute Gasteiger partial charge is 0.175 e. The van der Waals surface area contributed by atoms with Crippen LogP contribution in [0, 0.1) is 5.82 Å². The maximum atomic E-state index is 13.8. The van der Waals surface area contributed by atoms with Crippen LogP contribution in [0.4, 0.5) is 10.1 Å². The molecule has 0 heterocycles. The predicted octanol–water partition coefficient (Wildman–Crippen LogP) is 6.44. The summed E-state index contributed by atoms with van der Waals surface area (Å²) >= 11 is 9.53. The number of rotatable bonds is 7. The fraction of sp³-hybridized carbons (Fsp3) is 0.143. The van der Waals surface area contributed by atoms with Crippen molar-refractivity contribution in [3.8, 4) is 11.5 Å². The molecule has 0 radical (unpaired) electrons. The monoisotopic (exact) mass is 449 g/mol. The zero-order valence-electron chi connectivity index (χ0n) is 14.6. The molecule has 3 rings (SSSR count). The molecule has 0 unspecified atom stereocenters. The van der Waals surface area contributed by atoms with Crippen molar-refractivity contribution in [2.75, 3.05) is 12.4 Å². The Balaban J connectivity index is 1.73. The molecule has 3 nitrogen and oxygen atoms in total. The first-order valence-corrected chi connectivity index (χ1v) is 9.46. The summed E-state index contributed by atoms with van der Waals surface area (Å²) in [6, 6.07) is 17.9. The van der Waals surface area contributed by atoms with Gasteiger partial charge in [-0.25, -0.2) is 4.39 Å². The Morgan fingerprint density at radius 3 is 2.63 bits per heavy atom. The first-order valence-electron chi connectivity index (χ1n) is 8.29. The number of hydrogen-bond acceptors (Lipinski definition) is 3. The van der Waals surface area contributed by atoms with Crippen LogP contribution in [0.1, 0.15) is 11.1 Å². The number of ether oxygens (including phenoxy) is 2. The van der Waals surface area contributed by atoms with Gasteiger partial charge in [-0.15, -0.1) is 0 Å². The standard InChI is InChI=1S/C21H18BrClFNO2/c1-26-20-10-14(12-25-17-7-4-6-16(23)11-17)9-18(22)21(20)27-13-15-5-2-3-8-19(15)24/h2-11,25H,12-13H2,1H3. The lowest BCUT2D eigenvalue weighted by atomic mass is 10.2. The normalized spacial score (nSPS) is 10.5. The molecule has 0 aliphatic carbocycles. The first kappa shape index (κ1) is 19.5. The van der Waals surface area contributed by atoms with Crippen molar-refractivity contribution in [1.29, 1.82) is 0 Å². The average Bonchev–Trinajstić information content (AvgIpc) is 2.66. The third-order valence-electron chi connectivity index (χ3n) is 3.94. The summed E-state index contributed by atoms with van der Waals surface area (Å²) in [5.74, 6) is 0.811. The van der Waals surface area contributed by atoms with Gasteiger partial charge in [0.15, 0.2) is 11.5 Å². The van der Waals surface area contributed by atoms with E-state index in [9.17, 15) is 4.39 Å². The predicted molar refractivity (Wildman–Crippen MR) is 110 cm³/mol. The Bertz CT molecular complexity index is 936. The van der Waals surface area contributed by atoms with Gasteiger partial charge in [-0.3, -0.25) is 0 Å². The highest BCUT2D eigenvalue weighted by Crippen LogP contribution is 2.37. The summed E-state index contributed by atoms with van der Waals surface area (Å²) in [5.41, 5.74) is 2.41. The van der Waals surface area contributed by atoms with Crippen molar-refractivity contribution >= 4 is 33.2 Å². The maximum Gasteiger partial charge on any atom is 0.175 e. The minimum absolute atomic E-state index is 0.113. The maximum absolute atomic E-state index is 13.8. The van der Waals surface area contributed by atoms with E-state index < -0.39 is 0 Å². The van der Waals surface area contributed by atoms with E-state index in [0.717, 1.165) is 15.7 Å². The minimum atomic E-state index is -0.296. The number of hydrogen-bond donors (Lipinski definition) is 1. The molecule has 27 heavy (non-hydrogen) atoms. The highest BCUT2D eigenvalue weighted by molar-refractivity contribution is 9.10. The van der Waals surface area contributed by atoms with Gasteiger partial charge in [0.1, 0.15) is 12.4 Å². The van der Waals surface area contributed by atoms with E-state index in [1.807, 2.05) is 36.4 Å². The molecule has 3 aromatic carbocycles. The van der Waals surface area contributed by atoms with Crippen LogP contribution >= 0.6 is 27.5 Å². The van der Waals surface area contributed by atoms with Crippen LogP contribution in [-0.4, -0.2) is 7.11 Å². The molecule has 140 valence electrons. The van der Waals surface area contributed by atoms with E-state index >= 15 is 0 Å². The Morgan fingerprint density at radius 2 is 1.89 bits per heavy atom. The van der Waals surface area contributed by atoms with E-state index in [1.54, 1.807) is 25.3 Å². The van der Waals surface area contributed by atoms with Crippen molar-refractivity contribution in [3.63, 3.8) is 0 Å². The molecule has 6 heteroatoms. The second kappa shape index (κ2) is 9.11. The zero-order valence-corrected chi connectivity index (χ0v) is 17.0. The van der Waals surface area contributed by atoms with Crippen molar-refractivity contribution in [2.45, 2.75) is 13.2 Å². The summed E-state index contributed by atoms with van der Waals surface area (Å²) < 4.78 is 25.8. The molecular weight excluding hydrogens is 433 g/mol. The number of nitrogens with one attached hydrogen (secondary N) is 1. The van der Waals surface area contributed by atoms with Gasteiger partial charge in [0.25, 0.3) is 0 Å². The topological polar surface area (TPSA) is 30.5 Å². The second-order valence-electron chi connectivity index (χ2n) is 5.85. The summed E-state index contributed by atoms with van der Waals surface area (Å²) in [5, 5.41) is 3.99. The molecule has 3 aromatic rings. The Hall–Kier alpha value is -2.24. The number of halogens is 3. The molecular formula is C21H18BrClFNO2. The third-order valence-corrected chi connectivity index (χ3v) is 4.76. The highest BCUT2D eigenvalue weighted by atomic mass is 79.9. The van der Waals surface area contributed by atoms with Crippen molar-refractivity contribution in [3.05, 3.63) is 87.1 Å². The molecule has 0 saturated carbocycles. The van der Waals surface area contributed by atoms with E-state index in [-0.39, 0.29) is 12.4 Å². The van der Waals surface area contributed by atoms with Crippen LogP contribution in [0.5, 0.6) is 11.5 Å². The van der Waals surface area contributed by atoms with E-state index in [0.29, 0.717) is 28.6 Å². The molecule has 0 fully saturated rings. The summed E-state index contributed by atoms with van der Waals surface area (Å²) in [6.07, 6.45) is 0. The summed E-state index contributed by atoms with van der Waals surface area (Å²) in [6.45, 7) is 0.699. The fourth-order valence-corrected chi connectivity index (χ4v) is 3.38. The molecule has 0 aliphatic heterocycles. The van der Waals surface area contributed by atoms with E-state index in [4.69, 9.17) is 21.1 Å². The van der Waals surface area contributed by atoms with Gasteiger partial charge in [0.05, 0.1) is 11.6 Å². The number of anilines is 1. The van der Waals surface area contributed by atoms with Crippen LogP contribution in [0.2, 0.25) is 5.02 Å². The largest absolute Gasteiger partial charge is 0.493 e. The van der Waals surface area contributed by atoms with Crippen LogP contribution in [0.15, 0.2) is 65.1 Å². The fourth-order valence-electron chi connectivity index (χ4n) is 2.58. The molecule has 0 amide bonds. The third kappa shape index (κ3) is 5.15. The van der Waals surface area contributed by atoms with Crippen molar-refractivity contribution in [2.24, 2.45) is 0 Å². The van der Waals surface area contributed by atoms with Crippen molar-refractivity contribution in [1.82, 2.24) is 0 Å². The van der Waals surface area contributed by atoms with Gasteiger partial charge in [0, 0.05) is 22.8 Å². The lowest BCUT2D eigenvalue weighted by molar-refractivity contribution is 0.277. The second-order valence-corrected chi connectivity index (χ2v) is 7.14. The SMILES string of the molecule is COc1cc(CNc2cccc(Cl)c2)cc(Br)c1OCc1ccccc1F. The van der Waals surface area contributed by atoms with Gasteiger partial charge in [-0.1, -0.05) is 35.9 Å². The van der Waals surface area contributed by atoms with Crippen LogP contribution < -0.4 is 14.8 Å². The van der Waals surface area contributed by atoms with Gasteiger partial charge < -0.3 is 14.8 Å². The van der Waals surface area contributed by atoms with Crippen molar-refractivity contribution < 1.29 is 13.9 Å². The van der Waals surface area contributed by atoms with E-state index in [2.05, 4.69) is 21.2 Å². The molecule has 0 spiro atoms. The molecule has 0 bridgehead atoms. The highest BCUT2D eigenvalue weighted by Gasteiger charge is 2.13. The quantitative estimate of drug-likeness (QED) is 0.449. The van der Waals surface area contributed by atoms with Crippen LogP contribution in [0.3, 0.4) is 0 Å². The summed E-state index contributed by atoms with van der Waals surface area (Å²) in [4.78, 5) is 0. The first-order chi connectivity index (χ1) is 13.1. The van der Waals surface area contributed by atoms with Gasteiger partial charge in [-0.05, 0) is 57.9 Å². The number of methoxy groups -OCH3 is 1. The molecule has 0 aliphatic rings. The molecule has 0 saturated heterocycles. The zero-order chi connectivity index (χ0) is 19.2. The molecule has 1 N–H and O–H groups in total. The summed E-state index contributed by atoms with van der Waals surface area (Å²) in [7, 11) is 1.58. The van der Waals surface area contributed by atoms with Gasteiger partial charge >= 0.3 is 0 Å². The minimum Gasteiger partial charge on any atom is -0.493 e. The van der Waals surface area contributed by atoms with Gasteiger partial charge in [0.2, 0.25) is 0 Å². The lowest BCUT2D eigenvalue weighted by Crippen LogP contribution is -2.03.